The maximum atomic E-state index is 8.68. The topological polar surface area (TPSA) is 79.7 Å². The first kappa shape index (κ1) is 12.0. The van der Waals surface area contributed by atoms with Crippen molar-refractivity contribution < 1.29 is 4.42 Å². The van der Waals surface area contributed by atoms with E-state index in [4.69, 9.17) is 9.68 Å². The monoisotopic (exact) mass is 265 g/mol. The van der Waals surface area contributed by atoms with Crippen molar-refractivity contribution in [3.8, 4) is 11.8 Å². The second-order valence-electron chi connectivity index (χ2n) is 4.10. The Labute approximate surface area is 115 Å². The van der Waals surface area contributed by atoms with Crippen LogP contribution in [0.1, 0.15) is 11.5 Å². The van der Waals surface area contributed by atoms with Gasteiger partial charge in [-0.05, 0) is 36.4 Å². The second-order valence-corrected chi connectivity index (χ2v) is 4.10. The van der Waals surface area contributed by atoms with E-state index in [-0.39, 0.29) is 0 Å². The van der Waals surface area contributed by atoms with E-state index < -0.39 is 0 Å². The second kappa shape index (κ2) is 5.28. The van der Waals surface area contributed by atoms with Crippen LogP contribution in [-0.2, 0) is 6.54 Å². The smallest absolute Gasteiger partial charge is 0.203 e. The first-order valence-corrected chi connectivity index (χ1v) is 6.04. The number of nitriles is 1. The zero-order valence-electron chi connectivity index (χ0n) is 10.5. The number of hydrogen-bond donors (Lipinski definition) is 1. The van der Waals surface area contributed by atoms with Crippen LogP contribution in [0.5, 0.6) is 0 Å². The van der Waals surface area contributed by atoms with Crippen LogP contribution in [0.3, 0.4) is 0 Å². The van der Waals surface area contributed by atoms with Crippen LogP contribution in [-0.4, -0.2) is 15.0 Å². The molecule has 0 atom stereocenters. The molecule has 0 bridgehead atoms. The summed E-state index contributed by atoms with van der Waals surface area (Å²) in [7, 11) is 0. The summed E-state index contributed by atoms with van der Waals surface area (Å²) in [5, 5.41) is 20.0. The lowest BCUT2D eigenvalue weighted by molar-refractivity contribution is 0.506. The standard InChI is InChI=1S/C14H11N5O/c15-9-13-5-6-14(20-13)10-16-11-1-3-12(4-2-11)19-17-7-8-18-19/h1-8,16H,10H2. The number of benzene rings is 1. The van der Waals surface area contributed by atoms with Crippen molar-refractivity contribution >= 4 is 5.69 Å². The zero-order chi connectivity index (χ0) is 13.8. The molecule has 2 heterocycles. The van der Waals surface area contributed by atoms with Gasteiger partial charge < -0.3 is 9.73 Å². The molecule has 98 valence electrons. The number of nitrogens with one attached hydrogen (secondary N) is 1. The van der Waals surface area contributed by atoms with Crippen LogP contribution >= 0.6 is 0 Å². The summed E-state index contributed by atoms with van der Waals surface area (Å²) >= 11 is 0. The van der Waals surface area contributed by atoms with E-state index in [1.807, 2.05) is 30.3 Å². The molecule has 6 nitrogen and oxygen atoms in total. The van der Waals surface area contributed by atoms with Crippen LogP contribution in [0.4, 0.5) is 5.69 Å². The summed E-state index contributed by atoms with van der Waals surface area (Å²) in [6, 6.07) is 13.1. The van der Waals surface area contributed by atoms with E-state index in [2.05, 4.69) is 15.5 Å². The van der Waals surface area contributed by atoms with Gasteiger partial charge in [-0.15, -0.1) is 0 Å². The van der Waals surface area contributed by atoms with Gasteiger partial charge in [0.15, 0.2) is 0 Å². The van der Waals surface area contributed by atoms with Gasteiger partial charge in [0.05, 0.1) is 24.6 Å². The molecule has 0 aliphatic carbocycles. The highest BCUT2D eigenvalue weighted by Gasteiger charge is 2.02. The highest BCUT2D eigenvalue weighted by atomic mass is 16.3. The van der Waals surface area contributed by atoms with Crippen LogP contribution in [0.25, 0.3) is 5.69 Å². The largest absolute Gasteiger partial charge is 0.449 e. The predicted molar refractivity (Wildman–Crippen MR) is 72.1 cm³/mol. The highest BCUT2D eigenvalue weighted by molar-refractivity contribution is 5.48. The number of aromatic nitrogens is 3. The third-order valence-corrected chi connectivity index (χ3v) is 2.76. The van der Waals surface area contributed by atoms with E-state index in [9.17, 15) is 0 Å². The van der Waals surface area contributed by atoms with Crippen molar-refractivity contribution in [2.75, 3.05) is 5.32 Å². The van der Waals surface area contributed by atoms with Crippen LogP contribution < -0.4 is 5.32 Å². The summed E-state index contributed by atoms with van der Waals surface area (Å²) in [5.41, 5.74) is 1.85. The number of furan rings is 1. The first-order chi connectivity index (χ1) is 9.85. The predicted octanol–water partition coefficient (Wildman–Crippen LogP) is 2.34. The summed E-state index contributed by atoms with van der Waals surface area (Å²) in [4.78, 5) is 1.55. The molecule has 20 heavy (non-hydrogen) atoms. The third kappa shape index (κ3) is 2.52. The summed E-state index contributed by atoms with van der Waals surface area (Å²) in [5.74, 6) is 1.04. The summed E-state index contributed by atoms with van der Waals surface area (Å²) in [6.07, 6.45) is 3.27. The Kier molecular flexibility index (Phi) is 3.17. The summed E-state index contributed by atoms with van der Waals surface area (Å²) in [6.45, 7) is 0.529. The Balaban J connectivity index is 1.65. The molecule has 3 rings (SSSR count). The quantitative estimate of drug-likeness (QED) is 0.783. The average molecular weight is 265 g/mol. The molecule has 2 aromatic heterocycles. The Morgan fingerprint density at radius 3 is 2.50 bits per heavy atom. The molecular weight excluding hydrogens is 254 g/mol. The molecule has 0 radical (unpaired) electrons. The fourth-order valence-corrected chi connectivity index (χ4v) is 1.78. The minimum absolute atomic E-state index is 0.321. The Hall–Kier alpha value is -3.07. The van der Waals surface area contributed by atoms with Gasteiger partial charge in [0, 0.05) is 5.69 Å². The molecule has 0 fully saturated rings. The van der Waals surface area contributed by atoms with Crippen molar-refractivity contribution in [3.05, 3.63) is 60.3 Å². The lowest BCUT2D eigenvalue weighted by Crippen LogP contribution is -2.00. The molecule has 3 aromatic rings. The molecule has 1 aromatic carbocycles. The molecule has 0 unspecified atom stereocenters. The Morgan fingerprint density at radius 2 is 1.85 bits per heavy atom. The summed E-state index contributed by atoms with van der Waals surface area (Å²) < 4.78 is 5.29. The van der Waals surface area contributed by atoms with Gasteiger partial charge >= 0.3 is 0 Å². The normalized spacial score (nSPS) is 10.2. The number of rotatable bonds is 4. The average Bonchev–Trinajstić information content (AvgIpc) is 3.17. The zero-order valence-corrected chi connectivity index (χ0v) is 10.5. The third-order valence-electron chi connectivity index (χ3n) is 2.76. The molecule has 0 saturated carbocycles. The van der Waals surface area contributed by atoms with Crippen molar-refractivity contribution in [2.24, 2.45) is 0 Å². The van der Waals surface area contributed by atoms with Crippen molar-refractivity contribution in [2.45, 2.75) is 6.54 Å². The molecular formula is C14H11N5O. The highest BCUT2D eigenvalue weighted by Crippen LogP contribution is 2.14. The fourth-order valence-electron chi connectivity index (χ4n) is 1.78. The van der Waals surface area contributed by atoms with Gasteiger partial charge in [-0.1, -0.05) is 0 Å². The maximum absolute atomic E-state index is 8.68. The van der Waals surface area contributed by atoms with E-state index in [1.165, 1.54) is 0 Å². The van der Waals surface area contributed by atoms with E-state index in [0.717, 1.165) is 17.1 Å². The van der Waals surface area contributed by atoms with Crippen LogP contribution in [0.15, 0.2) is 53.2 Å². The van der Waals surface area contributed by atoms with E-state index in [0.29, 0.717) is 12.3 Å². The maximum Gasteiger partial charge on any atom is 0.203 e. The number of nitrogens with zero attached hydrogens (tertiary/aromatic N) is 4. The van der Waals surface area contributed by atoms with Crippen molar-refractivity contribution in [3.63, 3.8) is 0 Å². The molecule has 6 heteroatoms. The van der Waals surface area contributed by atoms with Crippen LogP contribution in [0.2, 0.25) is 0 Å². The van der Waals surface area contributed by atoms with Gasteiger partial charge in [-0.2, -0.15) is 20.3 Å². The molecule has 1 N–H and O–H groups in total. The first-order valence-electron chi connectivity index (χ1n) is 6.04. The van der Waals surface area contributed by atoms with E-state index in [1.54, 1.807) is 29.3 Å². The van der Waals surface area contributed by atoms with Gasteiger partial charge in [-0.25, -0.2) is 0 Å². The Bertz CT molecular complexity index is 722. The minimum atomic E-state index is 0.321. The lowest BCUT2D eigenvalue weighted by atomic mass is 10.3. The fraction of sp³-hybridized carbons (Fsp3) is 0.0714. The molecule has 0 aliphatic rings. The SMILES string of the molecule is N#Cc1ccc(CNc2ccc(-n3nccn3)cc2)o1. The van der Waals surface area contributed by atoms with Gasteiger partial charge in [0.2, 0.25) is 5.76 Å². The van der Waals surface area contributed by atoms with Crippen molar-refractivity contribution in [1.82, 2.24) is 15.0 Å². The molecule has 0 amide bonds. The minimum Gasteiger partial charge on any atom is -0.449 e. The Morgan fingerprint density at radius 1 is 1.10 bits per heavy atom. The number of hydrogen-bond acceptors (Lipinski definition) is 5. The number of anilines is 1. The van der Waals surface area contributed by atoms with E-state index >= 15 is 0 Å². The van der Waals surface area contributed by atoms with Crippen LogP contribution in [0, 0.1) is 11.3 Å². The molecule has 0 aliphatic heterocycles. The van der Waals surface area contributed by atoms with Crippen molar-refractivity contribution in [1.29, 1.82) is 5.26 Å². The molecule has 0 saturated heterocycles. The van der Waals surface area contributed by atoms with Gasteiger partial charge in [0.1, 0.15) is 11.8 Å². The van der Waals surface area contributed by atoms with Gasteiger partial charge in [-0.3, -0.25) is 0 Å². The van der Waals surface area contributed by atoms with Gasteiger partial charge in [0.25, 0.3) is 0 Å². The molecule has 0 spiro atoms. The lowest BCUT2D eigenvalue weighted by Gasteiger charge is -2.05.